The van der Waals surface area contributed by atoms with Crippen LogP contribution in [0, 0.1) is 12.7 Å². The van der Waals surface area contributed by atoms with E-state index < -0.39 is 5.82 Å². The van der Waals surface area contributed by atoms with Crippen molar-refractivity contribution in [2.75, 3.05) is 6.54 Å². The van der Waals surface area contributed by atoms with Crippen molar-refractivity contribution in [3.63, 3.8) is 0 Å². The van der Waals surface area contributed by atoms with Crippen LogP contribution in [0.3, 0.4) is 0 Å². The third-order valence-electron chi connectivity index (χ3n) is 3.11. The van der Waals surface area contributed by atoms with Gasteiger partial charge in [0.15, 0.2) is 11.6 Å². The van der Waals surface area contributed by atoms with Crippen molar-refractivity contribution < 1.29 is 9.50 Å². The summed E-state index contributed by atoms with van der Waals surface area (Å²) in [5.41, 5.74) is 7.13. The fraction of sp³-hybridized carbons (Fsp3) is 0.455. The summed E-state index contributed by atoms with van der Waals surface area (Å²) in [6, 6.07) is 2.99. The van der Waals surface area contributed by atoms with Gasteiger partial charge in [0.1, 0.15) is 0 Å². The molecule has 0 radical (unpaired) electrons. The molecule has 0 heterocycles. The third-order valence-corrected chi connectivity index (χ3v) is 3.11. The van der Waals surface area contributed by atoms with E-state index in [0.717, 1.165) is 18.4 Å². The largest absolute Gasteiger partial charge is 0.505 e. The monoisotopic (exact) mass is 195 g/mol. The van der Waals surface area contributed by atoms with E-state index in [1.165, 1.54) is 6.07 Å². The highest BCUT2D eigenvalue weighted by Gasteiger charge is 2.46. The highest BCUT2D eigenvalue weighted by atomic mass is 19.1. The number of aromatic hydroxyl groups is 1. The predicted octanol–water partition coefficient (Wildman–Crippen LogP) is 1.83. The molecule has 0 bridgehead atoms. The van der Waals surface area contributed by atoms with Gasteiger partial charge in [0.2, 0.25) is 0 Å². The summed E-state index contributed by atoms with van der Waals surface area (Å²) in [5, 5.41) is 9.65. The molecule has 0 saturated heterocycles. The quantitative estimate of drug-likeness (QED) is 0.756. The van der Waals surface area contributed by atoms with Crippen LogP contribution >= 0.6 is 0 Å². The molecule has 1 aromatic rings. The molecule has 76 valence electrons. The fourth-order valence-corrected chi connectivity index (χ4v) is 2.04. The van der Waals surface area contributed by atoms with Gasteiger partial charge in [-0.05, 0) is 31.4 Å². The molecule has 0 amide bonds. The number of phenols is 1. The van der Waals surface area contributed by atoms with E-state index in [1.807, 2.05) is 6.92 Å². The van der Waals surface area contributed by atoms with Crippen molar-refractivity contribution >= 4 is 0 Å². The summed E-state index contributed by atoms with van der Waals surface area (Å²) in [4.78, 5) is 0. The molecule has 1 fully saturated rings. The first-order valence-corrected chi connectivity index (χ1v) is 4.79. The molecule has 2 rings (SSSR count). The smallest absolute Gasteiger partial charge is 0.165 e. The van der Waals surface area contributed by atoms with E-state index in [2.05, 4.69) is 0 Å². The Kier molecular flexibility index (Phi) is 2.00. The second-order valence-corrected chi connectivity index (χ2v) is 4.07. The molecule has 0 aliphatic heterocycles. The molecule has 1 aliphatic rings. The van der Waals surface area contributed by atoms with Crippen LogP contribution in [0.1, 0.15) is 24.0 Å². The molecule has 1 aliphatic carbocycles. The summed E-state index contributed by atoms with van der Waals surface area (Å²) in [6.45, 7) is 2.36. The van der Waals surface area contributed by atoms with Crippen LogP contribution in [0.4, 0.5) is 4.39 Å². The van der Waals surface area contributed by atoms with Gasteiger partial charge >= 0.3 is 0 Å². The van der Waals surface area contributed by atoms with Crippen LogP contribution in [0.2, 0.25) is 0 Å². The molecule has 0 aromatic heterocycles. The zero-order valence-electron chi connectivity index (χ0n) is 8.18. The van der Waals surface area contributed by atoms with Crippen LogP contribution in [0.5, 0.6) is 5.75 Å². The number of halogens is 1. The first-order valence-electron chi connectivity index (χ1n) is 4.79. The maximum absolute atomic E-state index is 13.2. The molecule has 0 atom stereocenters. The highest BCUT2D eigenvalue weighted by Crippen LogP contribution is 2.51. The Morgan fingerprint density at radius 3 is 2.64 bits per heavy atom. The maximum Gasteiger partial charge on any atom is 0.165 e. The van der Waals surface area contributed by atoms with E-state index in [1.54, 1.807) is 6.07 Å². The summed E-state index contributed by atoms with van der Waals surface area (Å²) in [5.74, 6) is -0.765. The normalized spacial score (nSPS) is 18.2. The van der Waals surface area contributed by atoms with Gasteiger partial charge < -0.3 is 10.8 Å². The lowest BCUT2D eigenvalue weighted by Crippen LogP contribution is -2.21. The summed E-state index contributed by atoms with van der Waals surface area (Å²) >= 11 is 0. The van der Waals surface area contributed by atoms with Gasteiger partial charge in [-0.1, -0.05) is 6.07 Å². The first-order chi connectivity index (χ1) is 6.60. The highest BCUT2D eigenvalue weighted by molar-refractivity contribution is 5.48. The van der Waals surface area contributed by atoms with Crippen molar-refractivity contribution in [3.05, 3.63) is 29.1 Å². The van der Waals surface area contributed by atoms with Gasteiger partial charge in [0, 0.05) is 17.5 Å². The summed E-state index contributed by atoms with van der Waals surface area (Å²) in [7, 11) is 0. The van der Waals surface area contributed by atoms with Gasteiger partial charge in [-0.25, -0.2) is 4.39 Å². The minimum absolute atomic E-state index is 0.156. The minimum Gasteiger partial charge on any atom is -0.505 e. The van der Waals surface area contributed by atoms with Crippen molar-refractivity contribution in [2.24, 2.45) is 5.73 Å². The predicted molar refractivity (Wildman–Crippen MR) is 52.8 cm³/mol. The van der Waals surface area contributed by atoms with Crippen LogP contribution < -0.4 is 5.73 Å². The standard InChI is InChI=1S/C11H14FNO/c1-7-2-3-8(12)10(14)9(7)11(6-13)4-5-11/h2-3,14H,4-6,13H2,1H3. The molecular weight excluding hydrogens is 181 g/mol. The maximum atomic E-state index is 13.2. The van der Waals surface area contributed by atoms with E-state index in [4.69, 9.17) is 5.73 Å². The average Bonchev–Trinajstić information content (AvgIpc) is 2.93. The number of phenolic OH excluding ortho intramolecular Hbond substituents is 1. The van der Waals surface area contributed by atoms with Crippen LogP contribution in [-0.4, -0.2) is 11.7 Å². The average molecular weight is 195 g/mol. The molecule has 1 saturated carbocycles. The van der Waals surface area contributed by atoms with E-state index in [-0.39, 0.29) is 11.2 Å². The SMILES string of the molecule is Cc1ccc(F)c(O)c1C1(CN)CC1. The van der Waals surface area contributed by atoms with Gasteiger partial charge in [-0.2, -0.15) is 0 Å². The van der Waals surface area contributed by atoms with E-state index in [0.29, 0.717) is 12.1 Å². The zero-order valence-corrected chi connectivity index (χ0v) is 8.18. The zero-order chi connectivity index (χ0) is 10.3. The van der Waals surface area contributed by atoms with Gasteiger partial charge in [0.25, 0.3) is 0 Å². The molecule has 14 heavy (non-hydrogen) atoms. The number of hydrogen-bond acceptors (Lipinski definition) is 2. The Balaban J connectivity index is 2.57. The van der Waals surface area contributed by atoms with Gasteiger partial charge in [-0.15, -0.1) is 0 Å². The summed E-state index contributed by atoms with van der Waals surface area (Å²) < 4.78 is 13.2. The molecule has 3 N–H and O–H groups in total. The number of hydrogen-bond donors (Lipinski definition) is 2. The molecule has 0 spiro atoms. The second-order valence-electron chi connectivity index (χ2n) is 4.07. The molecule has 3 heteroatoms. The topological polar surface area (TPSA) is 46.2 Å². The van der Waals surface area contributed by atoms with E-state index in [9.17, 15) is 9.50 Å². The number of benzene rings is 1. The van der Waals surface area contributed by atoms with Crippen LogP contribution in [0.25, 0.3) is 0 Å². The first kappa shape index (κ1) is 9.46. The lowest BCUT2D eigenvalue weighted by atomic mass is 9.91. The van der Waals surface area contributed by atoms with Crippen LogP contribution in [-0.2, 0) is 5.41 Å². The van der Waals surface area contributed by atoms with Crippen molar-refractivity contribution in [3.8, 4) is 5.75 Å². The Labute approximate surface area is 82.5 Å². The van der Waals surface area contributed by atoms with Crippen molar-refractivity contribution in [2.45, 2.75) is 25.2 Å². The molecule has 0 unspecified atom stereocenters. The molecule has 1 aromatic carbocycles. The Morgan fingerprint density at radius 2 is 2.14 bits per heavy atom. The third kappa shape index (κ3) is 1.20. The summed E-state index contributed by atoms with van der Waals surface area (Å²) in [6.07, 6.45) is 1.89. The number of rotatable bonds is 2. The number of aryl methyl sites for hydroxylation is 1. The Bertz CT molecular complexity index is 372. The molecule has 2 nitrogen and oxygen atoms in total. The lowest BCUT2D eigenvalue weighted by molar-refractivity contribution is 0.417. The molecular formula is C11H14FNO. The lowest BCUT2D eigenvalue weighted by Gasteiger charge is -2.17. The minimum atomic E-state index is -0.551. The Morgan fingerprint density at radius 1 is 1.50 bits per heavy atom. The van der Waals surface area contributed by atoms with E-state index >= 15 is 0 Å². The second kappa shape index (κ2) is 2.95. The van der Waals surface area contributed by atoms with Crippen molar-refractivity contribution in [1.82, 2.24) is 0 Å². The van der Waals surface area contributed by atoms with Crippen molar-refractivity contribution in [1.29, 1.82) is 0 Å². The van der Waals surface area contributed by atoms with Crippen LogP contribution in [0.15, 0.2) is 12.1 Å². The number of nitrogens with two attached hydrogens (primary N) is 1. The van der Waals surface area contributed by atoms with Gasteiger partial charge in [-0.3, -0.25) is 0 Å². The van der Waals surface area contributed by atoms with Gasteiger partial charge in [0.05, 0.1) is 0 Å². The Hall–Kier alpha value is -1.09. The fourth-order valence-electron chi connectivity index (χ4n) is 2.04.